The fraction of sp³-hybridized carbons (Fsp3) is 0.312. The van der Waals surface area contributed by atoms with Crippen molar-refractivity contribution in [3.05, 3.63) is 54.4 Å². The second-order valence-electron chi connectivity index (χ2n) is 4.15. The van der Waals surface area contributed by atoms with Gasteiger partial charge in [0.05, 0.1) is 6.61 Å². The van der Waals surface area contributed by atoms with Gasteiger partial charge < -0.3 is 9.15 Å². The number of alkyl halides is 1. The summed E-state index contributed by atoms with van der Waals surface area (Å²) in [5.41, 5.74) is 1.53. The molecule has 0 radical (unpaired) electrons. The first-order valence-corrected chi connectivity index (χ1v) is 6.43. The van der Waals surface area contributed by atoms with Crippen LogP contribution >= 0.6 is 0 Å². The minimum absolute atomic E-state index is 0.125. The van der Waals surface area contributed by atoms with Gasteiger partial charge in [0, 0.05) is 5.56 Å². The predicted molar refractivity (Wildman–Crippen MR) is 77.9 cm³/mol. The molecule has 0 saturated carbocycles. The second kappa shape index (κ2) is 8.27. The van der Waals surface area contributed by atoms with Crippen molar-refractivity contribution in [2.24, 2.45) is 0 Å². The van der Waals surface area contributed by atoms with Gasteiger partial charge in [-0.25, -0.2) is 9.37 Å². The molecule has 0 aliphatic heterocycles. The SMILES string of the molecule is C=CC.Cc1oc(-c2ccccc2)nc1COC(C)F. The molecular formula is C16H20FNO2. The van der Waals surface area contributed by atoms with Crippen LogP contribution in [0.15, 0.2) is 47.4 Å². The molecular weight excluding hydrogens is 257 g/mol. The lowest BCUT2D eigenvalue weighted by molar-refractivity contribution is -0.0364. The normalized spacial score (nSPS) is 11.4. The van der Waals surface area contributed by atoms with E-state index in [1.165, 1.54) is 6.92 Å². The highest BCUT2D eigenvalue weighted by atomic mass is 19.1. The minimum Gasteiger partial charge on any atom is -0.441 e. The molecule has 0 N–H and O–H groups in total. The van der Waals surface area contributed by atoms with E-state index in [0.29, 0.717) is 17.3 Å². The topological polar surface area (TPSA) is 35.3 Å². The third-order valence-electron chi connectivity index (χ3n) is 2.36. The van der Waals surface area contributed by atoms with E-state index in [9.17, 15) is 4.39 Å². The van der Waals surface area contributed by atoms with Crippen molar-refractivity contribution >= 4 is 0 Å². The molecule has 1 aromatic carbocycles. The van der Waals surface area contributed by atoms with E-state index < -0.39 is 6.36 Å². The molecule has 1 aromatic heterocycles. The van der Waals surface area contributed by atoms with Crippen LogP contribution in [0.3, 0.4) is 0 Å². The van der Waals surface area contributed by atoms with Crippen LogP contribution in [-0.2, 0) is 11.3 Å². The number of allylic oxidation sites excluding steroid dienone is 1. The summed E-state index contributed by atoms with van der Waals surface area (Å²) in [5.74, 6) is 1.19. The molecule has 4 heteroatoms. The van der Waals surface area contributed by atoms with Crippen LogP contribution in [-0.4, -0.2) is 11.3 Å². The van der Waals surface area contributed by atoms with Crippen molar-refractivity contribution in [1.29, 1.82) is 0 Å². The first-order chi connectivity index (χ1) is 9.58. The largest absolute Gasteiger partial charge is 0.441 e. The van der Waals surface area contributed by atoms with E-state index in [1.807, 2.05) is 37.3 Å². The highest BCUT2D eigenvalue weighted by molar-refractivity contribution is 5.53. The standard InChI is InChI=1S/C13H14FNO2.C3H6/c1-9-12(8-16-10(2)14)15-13(17-9)11-6-4-3-5-7-11;1-3-2/h3-7,10H,8H2,1-2H3;3H,1H2,2H3. The number of hydrogen-bond acceptors (Lipinski definition) is 3. The minimum atomic E-state index is -1.30. The Bertz CT molecular complexity index is 521. The van der Waals surface area contributed by atoms with Crippen LogP contribution in [0.2, 0.25) is 0 Å². The van der Waals surface area contributed by atoms with Gasteiger partial charge in [-0.2, -0.15) is 0 Å². The number of ether oxygens (including phenoxy) is 1. The lowest BCUT2D eigenvalue weighted by Crippen LogP contribution is -2.01. The number of oxazole rings is 1. The molecule has 1 unspecified atom stereocenters. The van der Waals surface area contributed by atoms with Crippen LogP contribution < -0.4 is 0 Å². The van der Waals surface area contributed by atoms with Crippen molar-refractivity contribution in [1.82, 2.24) is 4.98 Å². The fourth-order valence-electron chi connectivity index (χ4n) is 1.46. The maximum Gasteiger partial charge on any atom is 0.226 e. The van der Waals surface area contributed by atoms with Crippen LogP contribution in [0.25, 0.3) is 11.5 Å². The van der Waals surface area contributed by atoms with Gasteiger partial charge in [0.2, 0.25) is 5.89 Å². The van der Waals surface area contributed by atoms with Gasteiger partial charge in [-0.05, 0) is 32.9 Å². The molecule has 0 saturated heterocycles. The average Bonchev–Trinajstić information content (AvgIpc) is 2.80. The first-order valence-electron chi connectivity index (χ1n) is 6.43. The summed E-state index contributed by atoms with van der Waals surface area (Å²) in [6.07, 6.45) is 0.450. The van der Waals surface area contributed by atoms with Crippen LogP contribution in [0, 0.1) is 6.92 Å². The summed E-state index contributed by atoms with van der Waals surface area (Å²) in [5, 5.41) is 0. The Morgan fingerprint density at radius 1 is 1.40 bits per heavy atom. The van der Waals surface area contributed by atoms with Crippen molar-refractivity contribution in [3.8, 4) is 11.5 Å². The summed E-state index contributed by atoms with van der Waals surface area (Å²) in [6.45, 7) is 8.51. The predicted octanol–water partition coefficient (Wildman–Crippen LogP) is 4.67. The Kier molecular flexibility index (Phi) is 6.67. The second-order valence-corrected chi connectivity index (χ2v) is 4.15. The molecule has 0 aliphatic carbocycles. The highest BCUT2D eigenvalue weighted by Gasteiger charge is 2.12. The Morgan fingerprint density at radius 3 is 2.55 bits per heavy atom. The molecule has 0 spiro atoms. The average molecular weight is 277 g/mol. The van der Waals surface area contributed by atoms with Crippen LogP contribution in [0.5, 0.6) is 0 Å². The van der Waals surface area contributed by atoms with E-state index in [2.05, 4.69) is 11.6 Å². The molecule has 20 heavy (non-hydrogen) atoms. The monoisotopic (exact) mass is 277 g/mol. The fourth-order valence-corrected chi connectivity index (χ4v) is 1.46. The van der Waals surface area contributed by atoms with Gasteiger partial charge in [-0.15, -0.1) is 6.58 Å². The number of benzene rings is 1. The number of nitrogens with zero attached hydrogens (tertiary/aromatic N) is 1. The van der Waals surface area contributed by atoms with Crippen molar-refractivity contribution in [2.45, 2.75) is 33.7 Å². The lowest BCUT2D eigenvalue weighted by atomic mass is 10.2. The van der Waals surface area contributed by atoms with Gasteiger partial charge in [0.1, 0.15) is 11.5 Å². The number of halogens is 1. The van der Waals surface area contributed by atoms with Crippen molar-refractivity contribution in [3.63, 3.8) is 0 Å². The molecule has 2 rings (SSSR count). The van der Waals surface area contributed by atoms with Crippen molar-refractivity contribution < 1.29 is 13.5 Å². The molecule has 0 amide bonds. The summed E-state index contributed by atoms with van der Waals surface area (Å²) in [4.78, 5) is 4.29. The summed E-state index contributed by atoms with van der Waals surface area (Å²) in [7, 11) is 0. The first kappa shape index (κ1) is 16.1. The maximum atomic E-state index is 12.6. The molecule has 0 fully saturated rings. The Balaban J connectivity index is 0.000000612. The molecule has 0 bridgehead atoms. The zero-order valence-corrected chi connectivity index (χ0v) is 12.1. The van der Waals surface area contributed by atoms with Crippen LogP contribution in [0.1, 0.15) is 25.3 Å². The van der Waals surface area contributed by atoms with Crippen molar-refractivity contribution in [2.75, 3.05) is 0 Å². The number of hydrogen-bond donors (Lipinski definition) is 0. The molecule has 108 valence electrons. The maximum absolute atomic E-state index is 12.6. The van der Waals surface area contributed by atoms with Gasteiger partial charge in [0.15, 0.2) is 6.36 Å². The molecule has 2 aromatic rings. The van der Waals surface area contributed by atoms with E-state index in [1.54, 1.807) is 13.0 Å². The Labute approximate surface area is 119 Å². The molecule has 3 nitrogen and oxygen atoms in total. The molecule has 1 heterocycles. The van der Waals surface area contributed by atoms with E-state index in [4.69, 9.17) is 9.15 Å². The van der Waals surface area contributed by atoms with E-state index in [0.717, 1.165) is 5.56 Å². The highest BCUT2D eigenvalue weighted by Crippen LogP contribution is 2.21. The number of rotatable bonds is 4. The van der Waals surface area contributed by atoms with Gasteiger partial charge in [-0.1, -0.05) is 24.3 Å². The lowest BCUT2D eigenvalue weighted by Gasteiger charge is -2.01. The molecule has 1 atom stereocenters. The third kappa shape index (κ3) is 4.97. The van der Waals surface area contributed by atoms with Gasteiger partial charge in [-0.3, -0.25) is 0 Å². The smallest absolute Gasteiger partial charge is 0.226 e. The Hall–Kier alpha value is -1.94. The van der Waals surface area contributed by atoms with E-state index >= 15 is 0 Å². The van der Waals surface area contributed by atoms with Crippen LogP contribution in [0.4, 0.5) is 4.39 Å². The zero-order valence-electron chi connectivity index (χ0n) is 12.1. The van der Waals surface area contributed by atoms with E-state index in [-0.39, 0.29) is 6.61 Å². The van der Waals surface area contributed by atoms with Gasteiger partial charge in [0.25, 0.3) is 0 Å². The number of aryl methyl sites for hydroxylation is 1. The quantitative estimate of drug-likeness (QED) is 0.761. The third-order valence-corrected chi connectivity index (χ3v) is 2.36. The summed E-state index contributed by atoms with van der Waals surface area (Å²) in [6, 6.07) is 9.57. The summed E-state index contributed by atoms with van der Waals surface area (Å²) < 4.78 is 23.0. The summed E-state index contributed by atoms with van der Waals surface area (Å²) >= 11 is 0. The Morgan fingerprint density at radius 2 is 2.00 bits per heavy atom. The zero-order chi connectivity index (χ0) is 15.0. The molecule has 0 aliphatic rings. The van der Waals surface area contributed by atoms with Gasteiger partial charge >= 0.3 is 0 Å². The number of aromatic nitrogens is 1.